The number of amides is 1. The van der Waals surface area contributed by atoms with Crippen LogP contribution in [-0.2, 0) is 4.79 Å². The Labute approximate surface area is 289 Å². The van der Waals surface area contributed by atoms with Crippen LogP contribution in [0.2, 0.25) is 0 Å². The average Bonchev–Trinajstić information content (AvgIpc) is 3.57. The molecular formula is C43H32N4OS. The molecule has 0 saturated heterocycles. The highest BCUT2D eigenvalue weighted by atomic mass is 32.1. The van der Waals surface area contributed by atoms with Gasteiger partial charge in [0.2, 0.25) is 6.41 Å². The second-order valence-corrected chi connectivity index (χ2v) is 13.0. The molecule has 0 fully saturated rings. The molecule has 0 radical (unpaired) electrons. The summed E-state index contributed by atoms with van der Waals surface area (Å²) >= 11 is 1.83. The molecule has 0 unspecified atom stereocenters. The zero-order chi connectivity index (χ0) is 33.3. The van der Waals surface area contributed by atoms with Crippen LogP contribution in [0.5, 0.6) is 0 Å². The van der Waals surface area contributed by atoms with Crippen LogP contribution in [-0.4, -0.2) is 30.5 Å². The lowest BCUT2D eigenvalue weighted by atomic mass is 9.93. The summed E-state index contributed by atoms with van der Waals surface area (Å²) in [5.74, 6) is 0.680. The van der Waals surface area contributed by atoms with Crippen LogP contribution in [0.25, 0.3) is 76.3 Å². The number of nitrogens with zero attached hydrogens (tertiary/aromatic N) is 3. The third-order valence-corrected chi connectivity index (χ3v) is 10.1. The first-order valence-corrected chi connectivity index (χ1v) is 17.0. The third-order valence-electron chi connectivity index (χ3n) is 8.97. The maximum absolute atomic E-state index is 11.4. The minimum Gasteiger partial charge on any atom is -0.386 e. The largest absolute Gasteiger partial charge is 0.386 e. The van der Waals surface area contributed by atoms with Crippen LogP contribution in [0.4, 0.5) is 11.4 Å². The summed E-state index contributed by atoms with van der Waals surface area (Å²) in [5, 5.41) is 5.76. The Bertz CT molecular complexity index is 2470. The maximum atomic E-state index is 11.4. The van der Waals surface area contributed by atoms with E-state index >= 15 is 0 Å². The van der Waals surface area contributed by atoms with Gasteiger partial charge in [-0.05, 0) is 52.6 Å². The van der Waals surface area contributed by atoms with Gasteiger partial charge in [-0.25, -0.2) is 9.97 Å². The van der Waals surface area contributed by atoms with E-state index in [-0.39, 0.29) is 0 Å². The summed E-state index contributed by atoms with van der Waals surface area (Å²) < 4.78 is 2.56. The van der Waals surface area contributed by atoms with Crippen molar-refractivity contribution in [3.8, 4) is 56.2 Å². The fraction of sp³-hybridized carbons (Fsp3) is 0.0465. The Morgan fingerprint density at radius 1 is 0.592 bits per heavy atom. The van der Waals surface area contributed by atoms with Gasteiger partial charge in [-0.3, -0.25) is 4.79 Å². The van der Waals surface area contributed by atoms with Crippen molar-refractivity contribution in [3.05, 3.63) is 146 Å². The second-order valence-electron chi connectivity index (χ2n) is 11.9. The molecule has 6 aromatic carbocycles. The summed E-state index contributed by atoms with van der Waals surface area (Å²) in [7, 11) is 3.61. The first-order valence-electron chi connectivity index (χ1n) is 16.2. The van der Waals surface area contributed by atoms with Crippen molar-refractivity contribution in [2.45, 2.75) is 0 Å². The molecule has 0 aliphatic heterocycles. The van der Waals surface area contributed by atoms with Crippen LogP contribution < -0.4 is 10.2 Å². The molecule has 236 valence electrons. The highest BCUT2D eigenvalue weighted by Crippen LogP contribution is 2.43. The number of thiophene rings is 1. The summed E-state index contributed by atoms with van der Waals surface area (Å²) in [6.45, 7) is 0. The van der Waals surface area contributed by atoms with E-state index in [1.54, 1.807) is 11.9 Å². The van der Waals surface area contributed by atoms with Crippen molar-refractivity contribution >= 4 is 49.3 Å². The highest BCUT2D eigenvalue weighted by molar-refractivity contribution is 7.25. The van der Waals surface area contributed by atoms with Gasteiger partial charge in [-0.1, -0.05) is 115 Å². The molecule has 2 aromatic heterocycles. The molecule has 0 aliphatic carbocycles. The van der Waals surface area contributed by atoms with Gasteiger partial charge in [0.25, 0.3) is 0 Å². The van der Waals surface area contributed by atoms with E-state index in [0.29, 0.717) is 5.82 Å². The minimum atomic E-state index is 0.680. The molecule has 49 heavy (non-hydrogen) atoms. The number of rotatable bonds is 8. The lowest BCUT2D eigenvalue weighted by Gasteiger charge is -2.17. The number of hydrogen-bond donors (Lipinski definition) is 1. The predicted molar refractivity (Wildman–Crippen MR) is 206 cm³/mol. The zero-order valence-corrected chi connectivity index (χ0v) is 27.9. The van der Waals surface area contributed by atoms with Crippen molar-refractivity contribution in [2.24, 2.45) is 0 Å². The van der Waals surface area contributed by atoms with E-state index in [9.17, 15) is 4.79 Å². The van der Waals surface area contributed by atoms with E-state index in [4.69, 9.17) is 9.97 Å². The van der Waals surface area contributed by atoms with Gasteiger partial charge in [0.15, 0.2) is 5.82 Å². The van der Waals surface area contributed by atoms with Gasteiger partial charge in [0.05, 0.1) is 22.8 Å². The summed E-state index contributed by atoms with van der Waals surface area (Å²) in [4.78, 5) is 23.2. The monoisotopic (exact) mass is 652 g/mol. The van der Waals surface area contributed by atoms with Gasteiger partial charge in [-0.2, -0.15) is 0 Å². The van der Waals surface area contributed by atoms with Crippen LogP contribution in [0.1, 0.15) is 0 Å². The molecule has 2 heterocycles. The van der Waals surface area contributed by atoms with Crippen LogP contribution in [0.3, 0.4) is 0 Å². The smallest absolute Gasteiger partial charge is 0.213 e. The SMILES string of the molecule is CNc1cc(-c2ccc(-c3cc(-c4ccccc4-c4cccc5sc6ccccc6c45)nc(-c4ccccc4)n3)cc2)ccc1N(C)C=O. The van der Waals surface area contributed by atoms with Gasteiger partial charge < -0.3 is 10.2 Å². The molecule has 1 amide bonds. The number of benzene rings is 6. The van der Waals surface area contributed by atoms with E-state index in [2.05, 4.69) is 121 Å². The van der Waals surface area contributed by atoms with Gasteiger partial charge in [0.1, 0.15) is 0 Å². The Morgan fingerprint density at radius 3 is 2.04 bits per heavy atom. The van der Waals surface area contributed by atoms with E-state index in [1.165, 1.54) is 25.7 Å². The predicted octanol–water partition coefficient (Wildman–Crippen LogP) is 10.8. The van der Waals surface area contributed by atoms with Crippen molar-refractivity contribution in [3.63, 3.8) is 0 Å². The zero-order valence-electron chi connectivity index (χ0n) is 27.1. The van der Waals surface area contributed by atoms with Crippen LogP contribution >= 0.6 is 11.3 Å². The fourth-order valence-electron chi connectivity index (χ4n) is 6.50. The Kier molecular flexibility index (Phi) is 7.92. The molecule has 0 aliphatic rings. The van der Waals surface area contributed by atoms with Crippen LogP contribution in [0, 0.1) is 0 Å². The van der Waals surface area contributed by atoms with E-state index < -0.39 is 0 Å². The molecule has 0 spiro atoms. The Morgan fingerprint density at radius 2 is 1.24 bits per heavy atom. The molecule has 8 rings (SSSR count). The quantitative estimate of drug-likeness (QED) is 0.166. The Hall–Kier alpha value is -6.11. The number of carbonyl (C=O) groups is 1. The number of carbonyl (C=O) groups excluding carboxylic acids is 1. The van der Waals surface area contributed by atoms with E-state index in [1.807, 2.05) is 48.7 Å². The van der Waals surface area contributed by atoms with Crippen molar-refractivity contribution < 1.29 is 4.79 Å². The Balaban J connectivity index is 1.25. The van der Waals surface area contributed by atoms with Crippen LogP contribution in [0.15, 0.2) is 146 Å². The van der Waals surface area contributed by atoms with Crippen molar-refractivity contribution in [1.82, 2.24) is 9.97 Å². The third kappa shape index (κ3) is 5.62. The fourth-order valence-corrected chi connectivity index (χ4v) is 7.64. The number of nitrogens with one attached hydrogen (secondary N) is 1. The average molecular weight is 653 g/mol. The number of hydrogen-bond acceptors (Lipinski definition) is 5. The minimum absolute atomic E-state index is 0.680. The number of fused-ring (bicyclic) bond motifs is 3. The lowest BCUT2D eigenvalue weighted by Crippen LogP contribution is -2.15. The molecule has 6 heteroatoms. The molecule has 0 saturated carbocycles. The molecular weight excluding hydrogens is 621 g/mol. The second kappa shape index (κ2) is 12.8. The maximum Gasteiger partial charge on any atom is 0.213 e. The van der Waals surface area contributed by atoms with Crippen molar-refractivity contribution in [1.29, 1.82) is 0 Å². The normalized spacial score (nSPS) is 11.1. The summed E-state index contributed by atoms with van der Waals surface area (Å²) in [5.41, 5.74) is 10.9. The summed E-state index contributed by atoms with van der Waals surface area (Å²) in [6.07, 6.45) is 0.813. The van der Waals surface area contributed by atoms with E-state index in [0.717, 1.165) is 62.6 Å². The first kappa shape index (κ1) is 30.2. The lowest BCUT2D eigenvalue weighted by molar-refractivity contribution is -0.107. The number of aromatic nitrogens is 2. The van der Waals surface area contributed by atoms with Gasteiger partial charge in [-0.15, -0.1) is 11.3 Å². The molecule has 8 aromatic rings. The first-order chi connectivity index (χ1) is 24.1. The topological polar surface area (TPSA) is 58.1 Å². The number of anilines is 2. The molecule has 5 nitrogen and oxygen atoms in total. The van der Waals surface area contributed by atoms with Gasteiger partial charge >= 0.3 is 0 Å². The standard InChI is InChI=1S/C43H32N4OS/c1-44-38-25-31(23-24-39(38)47(2)27-48)28-19-21-29(22-20-28)36-26-37(46-43(45-36)30-11-4-3-5-12-30)33-14-7-6-13-32(33)34-16-10-18-41-42(34)35-15-8-9-17-40(35)49-41/h3-27,44H,1-2H3. The summed E-state index contributed by atoms with van der Waals surface area (Å²) in [6, 6.07) is 50.6. The highest BCUT2D eigenvalue weighted by Gasteiger charge is 2.17. The van der Waals surface area contributed by atoms with Gasteiger partial charge in [0, 0.05) is 51.0 Å². The molecule has 1 N–H and O–H groups in total. The van der Waals surface area contributed by atoms with Crippen molar-refractivity contribution in [2.75, 3.05) is 24.3 Å². The molecule has 0 bridgehead atoms. The molecule has 0 atom stereocenters.